The highest BCUT2D eigenvalue weighted by Crippen LogP contribution is 2.24. The molecule has 0 radical (unpaired) electrons. The lowest BCUT2D eigenvalue weighted by atomic mass is 10.0. The van der Waals surface area contributed by atoms with E-state index in [2.05, 4.69) is 50.9 Å². The maximum Gasteiger partial charge on any atom is 0.226 e. The Hall–Kier alpha value is -1.16. The van der Waals surface area contributed by atoms with Crippen LogP contribution in [-0.2, 0) is 0 Å². The predicted molar refractivity (Wildman–Crippen MR) is 89.0 cm³/mol. The lowest BCUT2D eigenvalue weighted by Crippen LogP contribution is -2.47. The van der Waals surface area contributed by atoms with E-state index in [0.29, 0.717) is 18.0 Å². The minimum Gasteiger partial charge on any atom is -0.337 e. The van der Waals surface area contributed by atoms with Crippen LogP contribution in [0.15, 0.2) is 6.07 Å². The number of aromatic nitrogens is 2. The second-order valence-corrected chi connectivity index (χ2v) is 6.79. The van der Waals surface area contributed by atoms with Crippen LogP contribution in [0, 0.1) is 6.92 Å². The molecule has 0 bridgehead atoms. The Bertz CT molecular complexity index is 456. The molecule has 0 aliphatic carbocycles. The summed E-state index contributed by atoms with van der Waals surface area (Å²) in [5.74, 6) is 1.37. The Labute approximate surface area is 129 Å². The van der Waals surface area contributed by atoms with Crippen LogP contribution >= 0.6 is 0 Å². The minimum atomic E-state index is 0.447. The van der Waals surface area contributed by atoms with Crippen molar-refractivity contribution in [2.45, 2.75) is 71.9 Å². The van der Waals surface area contributed by atoms with Crippen molar-refractivity contribution in [3.05, 3.63) is 17.5 Å². The standard InChI is InChI=1S/C17H30N4/c1-12(2)16-10-14(5)19-17(20-16)21-9-7-6-8-15(21)11-18-13(3)4/h10,12-13,15,18H,6-9,11H2,1-5H3. The Kier molecular flexibility index (Phi) is 5.57. The summed E-state index contributed by atoms with van der Waals surface area (Å²) >= 11 is 0. The van der Waals surface area contributed by atoms with E-state index in [4.69, 9.17) is 9.97 Å². The van der Waals surface area contributed by atoms with Gasteiger partial charge in [0.15, 0.2) is 0 Å². The SMILES string of the molecule is Cc1cc(C(C)C)nc(N2CCCCC2CNC(C)C)n1. The first-order chi connectivity index (χ1) is 9.97. The van der Waals surface area contributed by atoms with Crippen LogP contribution in [0.1, 0.15) is 64.3 Å². The summed E-state index contributed by atoms with van der Waals surface area (Å²) in [7, 11) is 0. The van der Waals surface area contributed by atoms with Crippen LogP contribution < -0.4 is 10.2 Å². The first-order valence-electron chi connectivity index (χ1n) is 8.33. The van der Waals surface area contributed by atoms with Gasteiger partial charge in [-0.15, -0.1) is 0 Å². The number of hydrogen-bond donors (Lipinski definition) is 1. The summed E-state index contributed by atoms with van der Waals surface area (Å²) in [6.07, 6.45) is 3.78. The molecule has 1 aromatic rings. The summed E-state index contributed by atoms with van der Waals surface area (Å²) in [4.78, 5) is 11.9. The van der Waals surface area contributed by atoms with Gasteiger partial charge < -0.3 is 10.2 Å². The molecule has 1 aliphatic rings. The summed E-state index contributed by atoms with van der Waals surface area (Å²) in [5, 5.41) is 3.57. The molecule has 1 N–H and O–H groups in total. The fourth-order valence-electron chi connectivity index (χ4n) is 2.85. The van der Waals surface area contributed by atoms with E-state index in [1.807, 2.05) is 0 Å². The van der Waals surface area contributed by atoms with Gasteiger partial charge in [0.05, 0.1) is 0 Å². The molecule has 1 atom stereocenters. The van der Waals surface area contributed by atoms with Crippen LogP contribution in [-0.4, -0.2) is 35.1 Å². The molecule has 2 heterocycles. The predicted octanol–water partition coefficient (Wildman–Crippen LogP) is 3.27. The first kappa shape index (κ1) is 16.2. The third-order valence-corrected chi connectivity index (χ3v) is 4.10. The molecule has 1 fully saturated rings. The zero-order chi connectivity index (χ0) is 15.4. The molecule has 4 heteroatoms. The van der Waals surface area contributed by atoms with E-state index in [-0.39, 0.29) is 0 Å². The molecule has 1 unspecified atom stereocenters. The number of aryl methyl sites for hydroxylation is 1. The van der Waals surface area contributed by atoms with E-state index < -0.39 is 0 Å². The normalized spacial score (nSPS) is 19.6. The molecule has 1 aromatic heterocycles. The second-order valence-electron chi connectivity index (χ2n) is 6.79. The van der Waals surface area contributed by atoms with Crippen molar-refractivity contribution in [1.82, 2.24) is 15.3 Å². The molecule has 0 aromatic carbocycles. The zero-order valence-electron chi connectivity index (χ0n) is 14.2. The molecule has 118 valence electrons. The average molecular weight is 290 g/mol. The summed E-state index contributed by atoms with van der Waals surface area (Å²) in [5.41, 5.74) is 2.23. The summed E-state index contributed by atoms with van der Waals surface area (Å²) < 4.78 is 0. The molecule has 0 spiro atoms. The first-order valence-corrected chi connectivity index (χ1v) is 8.33. The van der Waals surface area contributed by atoms with E-state index in [1.165, 1.54) is 19.3 Å². The maximum absolute atomic E-state index is 4.82. The Morgan fingerprint density at radius 1 is 1.24 bits per heavy atom. The molecule has 2 rings (SSSR count). The molecule has 0 amide bonds. The smallest absolute Gasteiger partial charge is 0.226 e. The topological polar surface area (TPSA) is 41.1 Å². The minimum absolute atomic E-state index is 0.447. The second kappa shape index (κ2) is 7.21. The Morgan fingerprint density at radius 2 is 2.00 bits per heavy atom. The molecule has 4 nitrogen and oxygen atoms in total. The third kappa shape index (κ3) is 4.40. The van der Waals surface area contributed by atoms with Crippen molar-refractivity contribution >= 4 is 5.95 Å². The van der Waals surface area contributed by atoms with Gasteiger partial charge >= 0.3 is 0 Å². The van der Waals surface area contributed by atoms with E-state index >= 15 is 0 Å². The van der Waals surface area contributed by atoms with Crippen LogP contribution in [0.4, 0.5) is 5.95 Å². The number of piperidine rings is 1. The van der Waals surface area contributed by atoms with Crippen molar-refractivity contribution < 1.29 is 0 Å². The fourth-order valence-corrected chi connectivity index (χ4v) is 2.85. The van der Waals surface area contributed by atoms with Gasteiger partial charge in [-0.2, -0.15) is 0 Å². The molecule has 1 aliphatic heterocycles. The molecule has 1 saturated heterocycles. The van der Waals surface area contributed by atoms with Gasteiger partial charge in [-0.25, -0.2) is 9.97 Å². The van der Waals surface area contributed by atoms with Gasteiger partial charge in [-0.3, -0.25) is 0 Å². The average Bonchev–Trinajstić information content (AvgIpc) is 2.44. The highest BCUT2D eigenvalue weighted by atomic mass is 15.3. The van der Waals surface area contributed by atoms with Gasteiger partial charge in [0, 0.05) is 36.6 Å². The Morgan fingerprint density at radius 3 is 2.67 bits per heavy atom. The van der Waals surface area contributed by atoms with Gasteiger partial charge in [0.2, 0.25) is 5.95 Å². The van der Waals surface area contributed by atoms with E-state index in [1.54, 1.807) is 0 Å². The quantitative estimate of drug-likeness (QED) is 0.903. The zero-order valence-corrected chi connectivity index (χ0v) is 14.2. The largest absolute Gasteiger partial charge is 0.337 e. The monoisotopic (exact) mass is 290 g/mol. The molecule has 0 saturated carbocycles. The van der Waals surface area contributed by atoms with Crippen molar-refractivity contribution in [2.24, 2.45) is 0 Å². The number of hydrogen-bond acceptors (Lipinski definition) is 4. The van der Waals surface area contributed by atoms with Crippen molar-refractivity contribution in [2.75, 3.05) is 18.0 Å². The van der Waals surface area contributed by atoms with E-state index in [0.717, 1.165) is 30.4 Å². The molecule has 21 heavy (non-hydrogen) atoms. The lowest BCUT2D eigenvalue weighted by Gasteiger charge is -2.36. The number of anilines is 1. The van der Waals surface area contributed by atoms with Gasteiger partial charge in [-0.05, 0) is 38.2 Å². The number of nitrogens with zero attached hydrogens (tertiary/aromatic N) is 3. The maximum atomic E-state index is 4.82. The summed E-state index contributed by atoms with van der Waals surface area (Å²) in [6, 6.07) is 3.15. The van der Waals surface area contributed by atoms with Crippen LogP contribution in [0.3, 0.4) is 0 Å². The van der Waals surface area contributed by atoms with Crippen LogP contribution in [0.25, 0.3) is 0 Å². The van der Waals surface area contributed by atoms with Gasteiger partial charge in [-0.1, -0.05) is 27.7 Å². The van der Waals surface area contributed by atoms with Crippen molar-refractivity contribution in [3.63, 3.8) is 0 Å². The molecular weight excluding hydrogens is 260 g/mol. The highest BCUT2D eigenvalue weighted by Gasteiger charge is 2.25. The van der Waals surface area contributed by atoms with Crippen LogP contribution in [0.2, 0.25) is 0 Å². The third-order valence-electron chi connectivity index (χ3n) is 4.10. The van der Waals surface area contributed by atoms with Gasteiger partial charge in [0.25, 0.3) is 0 Å². The lowest BCUT2D eigenvalue weighted by molar-refractivity contribution is 0.415. The fraction of sp³-hybridized carbons (Fsp3) is 0.765. The van der Waals surface area contributed by atoms with Crippen molar-refractivity contribution in [1.29, 1.82) is 0 Å². The number of nitrogens with one attached hydrogen (secondary N) is 1. The number of rotatable bonds is 5. The van der Waals surface area contributed by atoms with E-state index in [9.17, 15) is 0 Å². The summed E-state index contributed by atoms with van der Waals surface area (Å²) in [6.45, 7) is 13.0. The Balaban J connectivity index is 2.20. The van der Waals surface area contributed by atoms with Gasteiger partial charge in [0.1, 0.15) is 0 Å². The van der Waals surface area contributed by atoms with Crippen molar-refractivity contribution in [3.8, 4) is 0 Å². The molecular formula is C17H30N4. The van der Waals surface area contributed by atoms with Crippen LogP contribution in [0.5, 0.6) is 0 Å². The highest BCUT2D eigenvalue weighted by molar-refractivity contribution is 5.35.